The summed E-state index contributed by atoms with van der Waals surface area (Å²) in [6.45, 7) is 1.71. The van der Waals surface area contributed by atoms with Crippen molar-refractivity contribution < 1.29 is 8.42 Å². The molecule has 0 saturated carbocycles. The van der Waals surface area contributed by atoms with E-state index in [9.17, 15) is 8.42 Å². The Morgan fingerprint density at radius 1 is 1.42 bits per heavy atom. The summed E-state index contributed by atoms with van der Waals surface area (Å²) in [5, 5.41) is 3.50. The van der Waals surface area contributed by atoms with Crippen LogP contribution in [0.1, 0.15) is 24.0 Å². The standard InChI is InChI=1S/C14H20N2O2S/c1-19(17,18)16-8-6-12-9-11(4-5-14(12)16)10-13-3-2-7-15-13/h4-5,9,13,15H,2-3,6-8,10H2,1H3. The van der Waals surface area contributed by atoms with Crippen molar-refractivity contribution in [1.82, 2.24) is 5.32 Å². The molecule has 1 saturated heterocycles. The van der Waals surface area contributed by atoms with Gasteiger partial charge in [-0.05, 0) is 49.4 Å². The van der Waals surface area contributed by atoms with Crippen molar-refractivity contribution in [2.45, 2.75) is 31.7 Å². The van der Waals surface area contributed by atoms with Crippen LogP contribution in [0.4, 0.5) is 5.69 Å². The summed E-state index contributed by atoms with van der Waals surface area (Å²) in [5.74, 6) is 0. The van der Waals surface area contributed by atoms with Gasteiger partial charge in [0, 0.05) is 12.6 Å². The highest BCUT2D eigenvalue weighted by Gasteiger charge is 2.26. The van der Waals surface area contributed by atoms with E-state index in [-0.39, 0.29) is 0 Å². The number of hydrogen-bond acceptors (Lipinski definition) is 3. The lowest BCUT2D eigenvalue weighted by Gasteiger charge is -2.17. The van der Waals surface area contributed by atoms with Crippen molar-refractivity contribution in [3.63, 3.8) is 0 Å². The Morgan fingerprint density at radius 2 is 2.26 bits per heavy atom. The molecule has 1 unspecified atom stereocenters. The van der Waals surface area contributed by atoms with Crippen molar-refractivity contribution in [2.24, 2.45) is 0 Å². The summed E-state index contributed by atoms with van der Waals surface area (Å²) in [4.78, 5) is 0. The number of benzene rings is 1. The lowest BCUT2D eigenvalue weighted by atomic mass is 10.0. The minimum absolute atomic E-state index is 0.583. The third kappa shape index (κ3) is 2.62. The molecule has 0 radical (unpaired) electrons. The van der Waals surface area contributed by atoms with E-state index in [0.29, 0.717) is 12.6 Å². The average Bonchev–Trinajstić information content (AvgIpc) is 2.95. The first-order valence-electron chi connectivity index (χ1n) is 6.87. The van der Waals surface area contributed by atoms with Gasteiger partial charge in [-0.15, -0.1) is 0 Å². The number of nitrogens with zero attached hydrogens (tertiary/aromatic N) is 1. The molecule has 5 heteroatoms. The van der Waals surface area contributed by atoms with E-state index in [0.717, 1.165) is 25.1 Å². The smallest absolute Gasteiger partial charge is 0.232 e. The fourth-order valence-electron chi connectivity index (χ4n) is 3.11. The highest BCUT2D eigenvalue weighted by molar-refractivity contribution is 7.92. The van der Waals surface area contributed by atoms with Crippen LogP contribution in [-0.2, 0) is 22.9 Å². The molecule has 0 bridgehead atoms. The summed E-state index contributed by atoms with van der Waals surface area (Å²) >= 11 is 0. The van der Waals surface area contributed by atoms with Gasteiger partial charge in [0.1, 0.15) is 0 Å². The van der Waals surface area contributed by atoms with E-state index in [1.54, 1.807) is 0 Å². The Kier molecular flexibility index (Phi) is 3.27. The zero-order chi connectivity index (χ0) is 13.5. The molecule has 0 aromatic heterocycles. The molecular formula is C14H20N2O2S. The van der Waals surface area contributed by atoms with Gasteiger partial charge in [-0.3, -0.25) is 4.31 Å². The molecular weight excluding hydrogens is 260 g/mol. The fraction of sp³-hybridized carbons (Fsp3) is 0.571. The Balaban J connectivity index is 1.81. The second-order valence-corrected chi connectivity index (χ2v) is 7.45. The maximum absolute atomic E-state index is 11.7. The normalized spacial score (nSPS) is 22.8. The zero-order valence-electron chi connectivity index (χ0n) is 11.2. The van der Waals surface area contributed by atoms with Gasteiger partial charge in [-0.2, -0.15) is 0 Å². The summed E-state index contributed by atoms with van der Waals surface area (Å²) < 4.78 is 24.9. The van der Waals surface area contributed by atoms with E-state index in [1.165, 1.54) is 34.5 Å². The second kappa shape index (κ2) is 4.80. The third-order valence-electron chi connectivity index (χ3n) is 4.04. The van der Waals surface area contributed by atoms with Crippen LogP contribution in [0.15, 0.2) is 18.2 Å². The molecule has 19 heavy (non-hydrogen) atoms. The van der Waals surface area contributed by atoms with Gasteiger partial charge in [0.15, 0.2) is 0 Å². The average molecular weight is 280 g/mol. The Labute approximate surface area is 114 Å². The molecule has 0 aliphatic carbocycles. The molecule has 3 rings (SSSR count). The maximum Gasteiger partial charge on any atom is 0.232 e. The summed E-state index contributed by atoms with van der Waals surface area (Å²) in [6, 6.07) is 6.81. The summed E-state index contributed by atoms with van der Waals surface area (Å²) in [6.07, 6.45) is 5.66. The van der Waals surface area contributed by atoms with Crippen LogP contribution in [0.25, 0.3) is 0 Å². The predicted octanol–water partition coefficient (Wildman–Crippen LogP) is 1.30. The van der Waals surface area contributed by atoms with Gasteiger partial charge in [-0.1, -0.05) is 12.1 Å². The Hall–Kier alpha value is -1.07. The number of nitrogens with one attached hydrogen (secondary N) is 1. The Morgan fingerprint density at radius 3 is 2.95 bits per heavy atom. The van der Waals surface area contributed by atoms with Gasteiger partial charge < -0.3 is 5.32 Å². The summed E-state index contributed by atoms with van der Waals surface area (Å²) in [7, 11) is -3.13. The molecule has 1 N–H and O–H groups in total. The molecule has 0 spiro atoms. The molecule has 4 nitrogen and oxygen atoms in total. The van der Waals surface area contributed by atoms with Gasteiger partial charge in [0.25, 0.3) is 0 Å². The van der Waals surface area contributed by atoms with Crippen molar-refractivity contribution >= 4 is 15.7 Å². The minimum atomic E-state index is -3.13. The maximum atomic E-state index is 11.7. The zero-order valence-corrected chi connectivity index (χ0v) is 12.0. The van der Waals surface area contributed by atoms with Crippen LogP contribution in [0, 0.1) is 0 Å². The molecule has 1 fully saturated rings. The van der Waals surface area contributed by atoms with Gasteiger partial charge in [0.05, 0.1) is 11.9 Å². The molecule has 2 aliphatic rings. The van der Waals surface area contributed by atoms with E-state index < -0.39 is 10.0 Å². The first-order valence-corrected chi connectivity index (χ1v) is 8.72. The molecule has 104 valence electrons. The van der Waals surface area contributed by atoms with Crippen LogP contribution >= 0.6 is 0 Å². The van der Waals surface area contributed by atoms with Crippen molar-refractivity contribution in [2.75, 3.05) is 23.7 Å². The summed E-state index contributed by atoms with van der Waals surface area (Å²) in [5.41, 5.74) is 3.35. The molecule has 1 aromatic carbocycles. The van der Waals surface area contributed by atoms with E-state index in [2.05, 4.69) is 17.4 Å². The molecule has 0 amide bonds. The van der Waals surface area contributed by atoms with Crippen LogP contribution in [-0.4, -0.2) is 33.8 Å². The quantitative estimate of drug-likeness (QED) is 0.908. The number of fused-ring (bicyclic) bond motifs is 1. The first-order chi connectivity index (χ1) is 9.04. The topological polar surface area (TPSA) is 49.4 Å². The SMILES string of the molecule is CS(=O)(=O)N1CCc2cc(CC3CCCN3)ccc21. The molecule has 2 aliphatic heterocycles. The van der Waals surface area contributed by atoms with Crippen molar-refractivity contribution in [1.29, 1.82) is 0 Å². The first kappa shape index (κ1) is 12.9. The van der Waals surface area contributed by atoms with Crippen LogP contribution in [0.2, 0.25) is 0 Å². The van der Waals surface area contributed by atoms with E-state index in [4.69, 9.17) is 0 Å². The van der Waals surface area contributed by atoms with E-state index >= 15 is 0 Å². The lowest BCUT2D eigenvalue weighted by molar-refractivity contribution is 0.598. The fourth-order valence-corrected chi connectivity index (χ4v) is 4.07. The highest BCUT2D eigenvalue weighted by Crippen LogP contribution is 2.31. The van der Waals surface area contributed by atoms with Crippen LogP contribution in [0.3, 0.4) is 0 Å². The van der Waals surface area contributed by atoms with Crippen LogP contribution < -0.4 is 9.62 Å². The predicted molar refractivity (Wildman–Crippen MR) is 77.1 cm³/mol. The number of sulfonamides is 1. The van der Waals surface area contributed by atoms with Gasteiger partial charge in [0.2, 0.25) is 10.0 Å². The monoisotopic (exact) mass is 280 g/mol. The minimum Gasteiger partial charge on any atom is -0.314 e. The molecule has 1 aromatic rings. The Bertz CT molecular complexity index is 577. The number of rotatable bonds is 3. The largest absolute Gasteiger partial charge is 0.314 e. The van der Waals surface area contributed by atoms with Gasteiger partial charge >= 0.3 is 0 Å². The van der Waals surface area contributed by atoms with Gasteiger partial charge in [-0.25, -0.2) is 8.42 Å². The number of anilines is 1. The van der Waals surface area contributed by atoms with Crippen molar-refractivity contribution in [3.8, 4) is 0 Å². The molecule has 1 atom stereocenters. The molecule has 2 heterocycles. The van der Waals surface area contributed by atoms with Crippen LogP contribution in [0.5, 0.6) is 0 Å². The number of hydrogen-bond donors (Lipinski definition) is 1. The second-order valence-electron chi connectivity index (χ2n) is 5.55. The third-order valence-corrected chi connectivity index (χ3v) is 5.22. The lowest BCUT2D eigenvalue weighted by Crippen LogP contribution is -2.27. The van der Waals surface area contributed by atoms with E-state index in [1.807, 2.05) is 6.07 Å². The highest BCUT2D eigenvalue weighted by atomic mass is 32.2. The van der Waals surface area contributed by atoms with Crippen molar-refractivity contribution in [3.05, 3.63) is 29.3 Å².